The Labute approximate surface area is 156 Å². The topological polar surface area (TPSA) is 17.3 Å². The summed E-state index contributed by atoms with van der Waals surface area (Å²) < 4.78 is 1.96. The molecule has 0 aliphatic carbocycles. The summed E-state index contributed by atoms with van der Waals surface area (Å²) in [4.78, 5) is 2.56. The van der Waals surface area contributed by atoms with Gasteiger partial charge in [0.1, 0.15) is 0 Å². The monoisotopic (exact) mass is 362 g/mol. The van der Waals surface area contributed by atoms with Gasteiger partial charge < -0.3 is 0 Å². The quantitative estimate of drug-likeness (QED) is 0.408. The molecule has 2 nitrogen and oxygen atoms in total. The van der Waals surface area contributed by atoms with E-state index >= 15 is 0 Å². The molecule has 0 aliphatic heterocycles. The summed E-state index contributed by atoms with van der Waals surface area (Å²) >= 11 is 3.56. The van der Waals surface area contributed by atoms with Gasteiger partial charge >= 0.3 is 0 Å². The van der Waals surface area contributed by atoms with E-state index in [9.17, 15) is 0 Å². The minimum atomic E-state index is 1.11. The molecule has 124 valence electrons. The maximum absolute atomic E-state index is 4.44. The molecule has 4 aromatic rings. The largest absolute Gasteiger partial charge is 0.240 e. The van der Waals surface area contributed by atoms with E-state index in [0.717, 1.165) is 5.52 Å². The second-order valence-electron chi connectivity index (χ2n) is 5.70. The van der Waals surface area contributed by atoms with Gasteiger partial charge in [-0.1, -0.05) is 36.4 Å². The van der Waals surface area contributed by atoms with Crippen molar-refractivity contribution in [3.63, 3.8) is 0 Å². The van der Waals surface area contributed by atoms with Crippen molar-refractivity contribution in [3.8, 4) is 22.3 Å². The lowest BCUT2D eigenvalue weighted by molar-refractivity contribution is 0.962. The van der Waals surface area contributed by atoms with Crippen LogP contribution in [0, 0.1) is 0 Å². The molecule has 0 amide bonds. The highest BCUT2D eigenvalue weighted by atomic mass is 32.2. The van der Waals surface area contributed by atoms with Crippen LogP contribution in [0.5, 0.6) is 0 Å². The minimum Gasteiger partial charge on any atom is -0.240 e. The fourth-order valence-electron chi connectivity index (χ4n) is 3.14. The van der Waals surface area contributed by atoms with E-state index in [1.165, 1.54) is 32.0 Å². The predicted octanol–water partition coefficient (Wildman–Crippen LogP) is 6.11. The second kappa shape index (κ2) is 6.98. The van der Waals surface area contributed by atoms with Gasteiger partial charge in [0.25, 0.3) is 0 Å². The lowest BCUT2D eigenvalue weighted by atomic mass is 9.96. The van der Waals surface area contributed by atoms with E-state index in [2.05, 4.69) is 84.5 Å². The van der Waals surface area contributed by atoms with Gasteiger partial charge in [-0.3, -0.25) is 0 Å². The molecule has 2 heterocycles. The Hall–Kier alpha value is -2.17. The number of pyridine rings is 1. The van der Waals surface area contributed by atoms with E-state index < -0.39 is 0 Å². The van der Waals surface area contributed by atoms with Gasteiger partial charge in [0.15, 0.2) is 0 Å². The first-order chi connectivity index (χ1) is 12.3. The number of hydrogen-bond donors (Lipinski definition) is 0. The van der Waals surface area contributed by atoms with E-state index in [1.807, 2.05) is 10.7 Å². The summed E-state index contributed by atoms with van der Waals surface area (Å²) in [6, 6.07) is 21.5. The summed E-state index contributed by atoms with van der Waals surface area (Å²) in [6.45, 7) is 0. The SMILES string of the molecule is CSc1ccccc1-c1cc2ccnn2cc1-c1ccccc1SC. The third-order valence-electron chi connectivity index (χ3n) is 4.33. The third-order valence-corrected chi connectivity index (χ3v) is 5.92. The molecule has 0 N–H and O–H groups in total. The summed E-state index contributed by atoms with van der Waals surface area (Å²) in [5, 5.41) is 4.44. The van der Waals surface area contributed by atoms with Crippen LogP contribution in [-0.2, 0) is 0 Å². The van der Waals surface area contributed by atoms with Gasteiger partial charge in [-0.25, -0.2) is 4.52 Å². The Morgan fingerprint density at radius 1 is 0.720 bits per heavy atom. The van der Waals surface area contributed by atoms with Crippen LogP contribution in [0.4, 0.5) is 0 Å². The normalized spacial score (nSPS) is 11.1. The standard InChI is InChI=1S/C21H18N2S2/c1-24-20-9-5-3-7-16(20)18-13-15-11-12-22-23(15)14-19(18)17-8-4-6-10-21(17)25-2/h3-14H,1-2H3. The molecule has 0 aliphatic rings. The van der Waals surface area contributed by atoms with Crippen molar-refractivity contribution in [3.05, 3.63) is 73.1 Å². The number of benzene rings is 2. The average molecular weight is 363 g/mol. The minimum absolute atomic E-state index is 1.11. The zero-order chi connectivity index (χ0) is 17.2. The number of rotatable bonds is 4. The van der Waals surface area contributed by atoms with Gasteiger partial charge in [-0.2, -0.15) is 5.10 Å². The van der Waals surface area contributed by atoms with Crippen LogP contribution in [0.15, 0.2) is 82.8 Å². The molecule has 2 aromatic carbocycles. The highest BCUT2D eigenvalue weighted by Gasteiger charge is 2.15. The van der Waals surface area contributed by atoms with Gasteiger partial charge in [0.2, 0.25) is 0 Å². The molecule has 0 atom stereocenters. The summed E-state index contributed by atoms with van der Waals surface area (Å²) in [5.74, 6) is 0. The van der Waals surface area contributed by atoms with E-state index in [1.54, 1.807) is 23.5 Å². The number of fused-ring (bicyclic) bond motifs is 1. The van der Waals surface area contributed by atoms with Gasteiger partial charge in [-0.15, -0.1) is 23.5 Å². The third kappa shape index (κ3) is 2.96. The molecule has 4 rings (SSSR count). The molecule has 0 unspecified atom stereocenters. The number of nitrogens with zero attached hydrogens (tertiary/aromatic N) is 2. The maximum Gasteiger partial charge on any atom is 0.0668 e. The summed E-state index contributed by atoms with van der Waals surface area (Å²) in [5.41, 5.74) is 6.08. The Balaban J connectivity index is 2.06. The zero-order valence-electron chi connectivity index (χ0n) is 14.1. The molecule has 0 fully saturated rings. The first-order valence-electron chi connectivity index (χ1n) is 8.06. The zero-order valence-corrected chi connectivity index (χ0v) is 15.8. The lowest BCUT2D eigenvalue weighted by Gasteiger charge is -2.16. The van der Waals surface area contributed by atoms with Crippen LogP contribution < -0.4 is 0 Å². The fourth-order valence-corrected chi connectivity index (χ4v) is 4.36. The molecule has 0 radical (unpaired) electrons. The van der Waals surface area contributed by atoms with Crippen molar-refractivity contribution < 1.29 is 0 Å². The fraction of sp³-hybridized carbons (Fsp3) is 0.0952. The lowest BCUT2D eigenvalue weighted by Crippen LogP contribution is -1.94. The Morgan fingerprint density at radius 3 is 1.96 bits per heavy atom. The van der Waals surface area contributed by atoms with Crippen molar-refractivity contribution >= 4 is 29.0 Å². The molecular weight excluding hydrogens is 344 g/mol. The highest BCUT2D eigenvalue weighted by molar-refractivity contribution is 7.99. The first kappa shape index (κ1) is 16.3. The molecule has 0 saturated carbocycles. The van der Waals surface area contributed by atoms with Crippen molar-refractivity contribution in [2.75, 3.05) is 12.5 Å². The van der Waals surface area contributed by atoms with Crippen LogP contribution in [0.3, 0.4) is 0 Å². The summed E-state index contributed by atoms with van der Waals surface area (Å²) in [7, 11) is 0. The van der Waals surface area contributed by atoms with Gasteiger partial charge in [-0.05, 0) is 53.5 Å². The van der Waals surface area contributed by atoms with Crippen molar-refractivity contribution in [2.24, 2.45) is 0 Å². The first-order valence-corrected chi connectivity index (χ1v) is 10.5. The van der Waals surface area contributed by atoms with E-state index in [4.69, 9.17) is 0 Å². The van der Waals surface area contributed by atoms with Gasteiger partial charge in [0.05, 0.1) is 5.52 Å². The van der Waals surface area contributed by atoms with Crippen LogP contribution in [0.25, 0.3) is 27.8 Å². The maximum atomic E-state index is 4.44. The Morgan fingerprint density at radius 2 is 1.32 bits per heavy atom. The smallest absolute Gasteiger partial charge is 0.0668 e. The van der Waals surface area contributed by atoms with Crippen molar-refractivity contribution in [1.29, 1.82) is 0 Å². The Bertz CT molecular complexity index is 955. The van der Waals surface area contributed by atoms with Gasteiger partial charge in [0, 0.05) is 27.7 Å². The number of aromatic nitrogens is 2. The van der Waals surface area contributed by atoms with Crippen LogP contribution >= 0.6 is 23.5 Å². The molecule has 0 spiro atoms. The molecule has 4 heteroatoms. The van der Waals surface area contributed by atoms with Crippen molar-refractivity contribution in [2.45, 2.75) is 9.79 Å². The van der Waals surface area contributed by atoms with E-state index in [0.29, 0.717) is 0 Å². The number of thioether (sulfide) groups is 2. The van der Waals surface area contributed by atoms with Crippen molar-refractivity contribution in [1.82, 2.24) is 9.61 Å². The molecular formula is C21H18N2S2. The van der Waals surface area contributed by atoms with Crippen LogP contribution in [0.1, 0.15) is 0 Å². The molecule has 0 bridgehead atoms. The summed E-state index contributed by atoms with van der Waals surface area (Å²) in [6.07, 6.45) is 8.26. The Kier molecular flexibility index (Phi) is 4.55. The number of hydrogen-bond acceptors (Lipinski definition) is 3. The van der Waals surface area contributed by atoms with Crippen LogP contribution in [-0.4, -0.2) is 22.1 Å². The second-order valence-corrected chi connectivity index (χ2v) is 7.40. The van der Waals surface area contributed by atoms with Crippen LogP contribution in [0.2, 0.25) is 0 Å². The van der Waals surface area contributed by atoms with E-state index in [-0.39, 0.29) is 0 Å². The predicted molar refractivity (Wildman–Crippen MR) is 110 cm³/mol. The highest BCUT2D eigenvalue weighted by Crippen LogP contribution is 2.40. The molecule has 0 saturated heterocycles. The molecule has 25 heavy (non-hydrogen) atoms. The average Bonchev–Trinajstić information content (AvgIpc) is 3.14. The molecule has 2 aromatic heterocycles.